The molecule has 3 aromatic rings. The second-order valence-electron chi connectivity index (χ2n) is 4.42. The number of nitrogens with one attached hydrogen (secondary N) is 1. The monoisotopic (exact) mass is 269 g/mol. The molecule has 0 aliphatic rings. The Morgan fingerprint density at radius 1 is 1.30 bits per heavy atom. The van der Waals surface area contributed by atoms with Crippen LogP contribution in [0.1, 0.15) is 11.3 Å². The molecule has 1 N–H and O–H groups in total. The molecular weight excluding hydrogens is 254 g/mol. The maximum Gasteiger partial charge on any atom is 0.218 e. The van der Waals surface area contributed by atoms with Gasteiger partial charge >= 0.3 is 0 Å². The smallest absolute Gasteiger partial charge is 0.218 e. The van der Waals surface area contributed by atoms with Crippen LogP contribution in [-0.4, -0.2) is 26.7 Å². The van der Waals surface area contributed by atoms with Crippen LogP contribution in [0.25, 0.3) is 5.52 Å². The van der Waals surface area contributed by atoms with Crippen LogP contribution in [-0.2, 0) is 6.54 Å². The second-order valence-corrected chi connectivity index (χ2v) is 4.42. The van der Waals surface area contributed by atoms with Crippen LogP contribution in [0, 0.1) is 6.92 Å². The average Bonchev–Trinajstić information content (AvgIpc) is 2.86. The molecule has 0 bridgehead atoms. The zero-order chi connectivity index (χ0) is 13.9. The number of nitrogens with zero attached hydrogens (tertiary/aromatic N) is 4. The number of aryl methyl sites for hydroxylation is 1. The molecule has 0 atom stereocenters. The minimum Gasteiger partial charge on any atom is -0.481 e. The number of fused-ring (bicyclic) bond motifs is 1. The summed E-state index contributed by atoms with van der Waals surface area (Å²) in [5.74, 6) is 1.41. The molecule has 0 fully saturated rings. The molecule has 0 aromatic carbocycles. The van der Waals surface area contributed by atoms with E-state index in [1.165, 1.54) is 0 Å². The molecule has 0 aliphatic carbocycles. The average molecular weight is 269 g/mol. The van der Waals surface area contributed by atoms with Gasteiger partial charge in [0.25, 0.3) is 0 Å². The molecule has 6 nitrogen and oxygen atoms in total. The molecule has 3 heterocycles. The van der Waals surface area contributed by atoms with Gasteiger partial charge < -0.3 is 10.1 Å². The fourth-order valence-electron chi connectivity index (χ4n) is 2.10. The van der Waals surface area contributed by atoms with E-state index in [4.69, 9.17) is 4.74 Å². The summed E-state index contributed by atoms with van der Waals surface area (Å²) in [6.45, 7) is 2.55. The highest BCUT2D eigenvalue weighted by Gasteiger charge is 2.07. The lowest BCUT2D eigenvalue weighted by Gasteiger charge is -2.09. The molecule has 0 saturated heterocycles. The summed E-state index contributed by atoms with van der Waals surface area (Å²) >= 11 is 0. The number of methoxy groups -OCH3 is 1. The number of pyridine rings is 1. The topological polar surface area (TPSA) is 64.3 Å². The van der Waals surface area contributed by atoms with E-state index in [0.29, 0.717) is 12.4 Å². The first-order chi connectivity index (χ1) is 9.78. The molecular formula is C14H15N5O. The number of aromatic nitrogens is 4. The van der Waals surface area contributed by atoms with Crippen molar-refractivity contribution in [1.82, 2.24) is 19.6 Å². The lowest BCUT2D eigenvalue weighted by molar-refractivity contribution is 0.393. The van der Waals surface area contributed by atoms with Gasteiger partial charge in [-0.2, -0.15) is 5.10 Å². The van der Waals surface area contributed by atoms with E-state index in [1.807, 2.05) is 35.8 Å². The largest absolute Gasteiger partial charge is 0.481 e. The van der Waals surface area contributed by atoms with E-state index in [0.717, 1.165) is 22.6 Å². The van der Waals surface area contributed by atoms with Crippen molar-refractivity contribution < 1.29 is 4.74 Å². The Morgan fingerprint density at radius 2 is 2.20 bits per heavy atom. The van der Waals surface area contributed by atoms with Crippen molar-refractivity contribution in [2.24, 2.45) is 0 Å². The van der Waals surface area contributed by atoms with Crippen molar-refractivity contribution >= 4 is 11.3 Å². The van der Waals surface area contributed by atoms with Crippen molar-refractivity contribution in [1.29, 1.82) is 0 Å². The summed E-state index contributed by atoms with van der Waals surface area (Å²) in [4.78, 5) is 8.53. The van der Waals surface area contributed by atoms with Gasteiger partial charge in [0.1, 0.15) is 5.52 Å². The van der Waals surface area contributed by atoms with Gasteiger partial charge in [-0.15, -0.1) is 0 Å². The highest BCUT2D eigenvalue weighted by molar-refractivity contribution is 5.67. The molecule has 3 aromatic heterocycles. The van der Waals surface area contributed by atoms with Crippen molar-refractivity contribution in [2.75, 3.05) is 12.4 Å². The third-order valence-corrected chi connectivity index (χ3v) is 3.00. The lowest BCUT2D eigenvalue weighted by atomic mass is 10.2. The Kier molecular flexibility index (Phi) is 3.20. The van der Waals surface area contributed by atoms with E-state index < -0.39 is 0 Å². The standard InChI is InChI=1S/C14H15N5O/c1-10-8-12-13(15-6-7-19(12)18-10)17-9-11-4-3-5-16-14(11)20-2/h3-8H,9H2,1-2H3,(H,15,17). The van der Waals surface area contributed by atoms with Crippen LogP contribution in [0.2, 0.25) is 0 Å². The molecule has 3 rings (SSSR count). The van der Waals surface area contributed by atoms with E-state index in [2.05, 4.69) is 20.4 Å². The van der Waals surface area contributed by atoms with Crippen molar-refractivity contribution in [3.63, 3.8) is 0 Å². The van der Waals surface area contributed by atoms with Gasteiger partial charge in [-0.05, 0) is 19.1 Å². The molecule has 0 saturated carbocycles. The summed E-state index contributed by atoms with van der Waals surface area (Å²) < 4.78 is 7.05. The fraction of sp³-hybridized carbons (Fsp3) is 0.214. The third-order valence-electron chi connectivity index (χ3n) is 3.00. The Hall–Kier alpha value is -2.63. The van der Waals surface area contributed by atoms with Gasteiger partial charge in [-0.25, -0.2) is 14.5 Å². The Balaban J connectivity index is 1.87. The quantitative estimate of drug-likeness (QED) is 0.785. The summed E-state index contributed by atoms with van der Waals surface area (Å²) in [7, 11) is 1.62. The lowest BCUT2D eigenvalue weighted by Crippen LogP contribution is -2.05. The molecule has 0 aliphatic heterocycles. The highest BCUT2D eigenvalue weighted by atomic mass is 16.5. The molecule has 0 unspecified atom stereocenters. The zero-order valence-electron chi connectivity index (χ0n) is 11.4. The van der Waals surface area contributed by atoms with Crippen molar-refractivity contribution in [3.8, 4) is 5.88 Å². The maximum atomic E-state index is 5.24. The van der Waals surface area contributed by atoms with Gasteiger partial charge in [-0.3, -0.25) is 0 Å². The van der Waals surface area contributed by atoms with Crippen molar-refractivity contribution in [2.45, 2.75) is 13.5 Å². The van der Waals surface area contributed by atoms with E-state index >= 15 is 0 Å². The Labute approximate surface area is 116 Å². The predicted octanol–water partition coefficient (Wildman–Crippen LogP) is 2.05. The first-order valence-corrected chi connectivity index (χ1v) is 6.30. The van der Waals surface area contributed by atoms with Crippen LogP contribution in [0.15, 0.2) is 36.8 Å². The zero-order valence-corrected chi connectivity index (χ0v) is 11.4. The summed E-state index contributed by atoms with van der Waals surface area (Å²) in [5.41, 5.74) is 2.89. The predicted molar refractivity (Wildman–Crippen MR) is 75.8 cm³/mol. The fourth-order valence-corrected chi connectivity index (χ4v) is 2.10. The van der Waals surface area contributed by atoms with Gasteiger partial charge in [0.05, 0.1) is 12.8 Å². The second kappa shape index (κ2) is 5.16. The number of ether oxygens (including phenoxy) is 1. The molecule has 20 heavy (non-hydrogen) atoms. The van der Waals surface area contributed by atoms with E-state index in [-0.39, 0.29) is 0 Å². The van der Waals surface area contributed by atoms with Crippen LogP contribution in [0.3, 0.4) is 0 Å². The minimum absolute atomic E-state index is 0.591. The highest BCUT2D eigenvalue weighted by Crippen LogP contribution is 2.18. The van der Waals surface area contributed by atoms with Crippen LogP contribution < -0.4 is 10.1 Å². The normalized spacial score (nSPS) is 10.7. The summed E-state index contributed by atoms with van der Waals surface area (Å²) in [6, 6.07) is 5.85. The molecule has 0 spiro atoms. The van der Waals surface area contributed by atoms with Crippen LogP contribution >= 0.6 is 0 Å². The maximum absolute atomic E-state index is 5.24. The van der Waals surface area contributed by atoms with Gasteiger partial charge in [0.2, 0.25) is 5.88 Å². The van der Waals surface area contributed by atoms with Crippen molar-refractivity contribution in [3.05, 3.63) is 48.0 Å². The third kappa shape index (κ3) is 2.27. The van der Waals surface area contributed by atoms with E-state index in [1.54, 1.807) is 19.5 Å². The minimum atomic E-state index is 0.591. The van der Waals surface area contributed by atoms with Crippen LogP contribution in [0.5, 0.6) is 5.88 Å². The molecule has 0 amide bonds. The first kappa shape index (κ1) is 12.4. The first-order valence-electron chi connectivity index (χ1n) is 6.30. The van der Waals surface area contributed by atoms with Crippen LogP contribution in [0.4, 0.5) is 5.82 Å². The van der Waals surface area contributed by atoms with Gasteiger partial charge in [0.15, 0.2) is 5.82 Å². The summed E-state index contributed by atoms with van der Waals surface area (Å²) in [6.07, 6.45) is 5.27. The number of anilines is 1. The summed E-state index contributed by atoms with van der Waals surface area (Å²) in [5, 5.41) is 7.66. The SMILES string of the molecule is COc1ncccc1CNc1nccn2nc(C)cc12. The van der Waals surface area contributed by atoms with E-state index in [9.17, 15) is 0 Å². The van der Waals surface area contributed by atoms with Gasteiger partial charge in [0, 0.05) is 30.7 Å². The Morgan fingerprint density at radius 3 is 3.05 bits per heavy atom. The molecule has 6 heteroatoms. The Bertz CT molecular complexity index is 737. The number of hydrogen-bond acceptors (Lipinski definition) is 5. The molecule has 0 radical (unpaired) electrons. The molecule has 102 valence electrons. The number of hydrogen-bond donors (Lipinski definition) is 1. The van der Waals surface area contributed by atoms with Gasteiger partial charge in [-0.1, -0.05) is 6.07 Å². The number of rotatable bonds is 4.